The second kappa shape index (κ2) is 4.43. The van der Waals surface area contributed by atoms with Crippen LogP contribution in [0.2, 0.25) is 0 Å². The molecule has 0 atom stereocenters. The molecule has 0 aliphatic carbocycles. The number of pyridine rings is 1. The fourth-order valence-electron chi connectivity index (χ4n) is 1.16. The molecule has 0 saturated carbocycles. The number of nitrogens with zero attached hydrogens (tertiary/aromatic N) is 2. The van der Waals surface area contributed by atoms with Crippen LogP contribution in [0, 0.1) is 0 Å². The van der Waals surface area contributed by atoms with Gasteiger partial charge in [-0.2, -0.15) is 0 Å². The van der Waals surface area contributed by atoms with Gasteiger partial charge in [0.2, 0.25) is 0 Å². The lowest BCUT2D eigenvalue weighted by molar-refractivity contribution is 0.102. The minimum absolute atomic E-state index is 0.315. The molecule has 2 aromatic heterocycles. The van der Waals surface area contributed by atoms with Crippen molar-refractivity contribution < 1.29 is 9.32 Å². The van der Waals surface area contributed by atoms with Gasteiger partial charge < -0.3 is 15.2 Å². The van der Waals surface area contributed by atoms with Crippen LogP contribution in [0.15, 0.2) is 35.1 Å². The molecular weight excluding hydrogens is 208 g/mol. The van der Waals surface area contributed by atoms with Gasteiger partial charge in [0.05, 0.1) is 0 Å². The number of nitrogens with one attached hydrogen (secondary N) is 2. The third kappa shape index (κ3) is 2.17. The van der Waals surface area contributed by atoms with Gasteiger partial charge in [0.15, 0.2) is 5.82 Å². The van der Waals surface area contributed by atoms with Gasteiger partial charge in [0.25, 0.3) is 5.91 Å². The standard InChI is InChI=1S/C10H10N4O2/c1-11-8-4-2-3-7(12-8)10(15)13-9-5-6-16-14-9/h2-6H,1H3,(H,11,12)(H,13,14,15). The number of rotatable bonds is 3. The molecule has 6 heteroatoms. The zero-order valence-electron chi connectivity index (χ0n) is 8.60. The van der Waals surface area contributed by atoms with E-state index in [1.54, 1.807) is 31.3 Å². The van der Waals surface area contributed by atoms with Crippen molar-refractivity contribution in [2.45, 2.75) is 0 Å². The van der Waals surface area contributed by atoms with Gasteiger partial charge in [-0.05, 0) is 12.1 Å². The fraction of sp³-hybridized carbons (Fsp3) is 0.100. The Labute approximate surface area is 91.7 Å². The molecule has 0 aromatic carbocycles. The molecule has 0 bridgehead atoms. The number of amides is 1. The van der Waals surface area contributed by atoms with E-state index in [-0.39, 0.29) is 5.91 Å². The Balaban J connectivity index is 2.14. The summed E-state index contributed by atoms with van der Waals surface area (Å²) in [6.07, 6.45) is 1.38. The predicted molar refractivity (Wildman–Crippen MR) is 58.2 cm³/mol. The van der Waals surface area contributed by atoms with Crippen molar-refractivity contribution in [3.63, 3.8) is 0 Å². The summed E-state index contributed by atoms with van der Waals surface area (Å²) in [5, 5.41) is 8.99. The van der Waals surface area contributed by atoms with Crippen LogP contribution in [-0.4, -0.2) is 23.1 Å². The summed E-state index contributed by atoms with van der Waals surface area (Å²) in [4.78, 5) is 15.8. The summed E-state index contributed by atoms with van der Waals surface area (Å²) >= 11 is 0. The Morgan fingerprint density at radius 3 is 2.88 bits per heavy atom. The third-order valence-corrected chi connectivity index (χ3v) is 1.92. The van der Waals surface area contributed by atoms with Crippen molar-refractivity contribution in [3.8, 4) is 0 Å². The Morgan fingerprint density at radius 1 is 1.31 bits per heavy atom. The second-order valence-corrected chi connectivity index (χ2v) is 3.00. The van der Waals surface area contributed by atoms with Gasteiger partial charge in [0, 0.05) is 13.1 Å². The normalized spacial score (nSPS) is 9.81. The summed E-state index contributed by atoms with van der Waals surface area (Å²) in [7, 11) is 1.74. The van der Waals surface area contributed by atoms with E-state index in [2.05, 4.69) is 25.3 Å². The maximum atomic E-state index is 11.7. The van der Waals surface area contributed by atoms with E-state index in [9.17, 15) is 4.79 Å². The average Bonchev–Trinajstić information content (AvgIpc) is 2.82. The number of carbonyl (C=O) groups is 1. The van der Waals surface area contributed by atoms with Gasteiger partial charge in [0.1, 0.15) is 17.8 Å². The van der Waals surface area contributed by atoms with Crippen LogP contribution < -0.4 is 10.6 Å². The molecule has 2 rings (SSSR count). The summed E-state index contributed by atoms with van der Waals surface area (Å²) in [5.41, 5.74) is 0.315. The molecule has 1 amide bonds. The number of aromatic nitrogens is 2. The molecule has 2 N–H and O–H groups in total. The first-order valence-corrected chi connectivity index (χ1v) is 4.66. The van der Waals surface area contributed by atoms with Crippen LogP contribution in [0.4, 0.5) is 11.6 Å². The highest BCUT2D eigenvalue weighted by Crippen LogP contribution is 2.07. The second-order valence-electron chi connectivity index (χ2n) is 3.00. The number of hydrogen-bond acceptors (Lipinski definition) is 5. The minimum Gasteiger partial charge on any atom is -0.373 e. The van der Waals surface area contributed by atoms with E-state index >= 15 is 0 Å². The molecule has 0 aliphatic rings. The molecular formula is C10H10N4O2. The van der Waals surface area contributed by atoms with E-state index < -0.39 is 0 Å². The van der Waals surface area contributed by atoms with Crippen molar-refractivity contribution in [3.05, 3.63) is 36.2 Å². The maximum Gasteiger partial charge on any atom is 0.275 e. The van der Waals surface area contributed by atoms with E-state index in [4.69, 9.17) is 0 Å². The molecule has 2 aromatic rings. The van der Waals surface area contributed by atoms with Crippen molar-refractivity contribution in [2.75, 3.05) is 17.7 Å². The highest BCUT2D eigenvalue weighted by Gasteiger charge is 2.09. The summed E-state index contributed by atoms with van der Waals surface area (Å²) in [6.45, 7) is 0. The van der Waals surface area contributed by atoms with Crippen LogP contribution >= 0.6 is 0 Å². The van der Waals surface area contributed by atoms with Crippen LogP contribution in [0.5, 0.6) is 0 Å². The van der Waals surface area contributed by atoms with Crippen molar-refractivity contribution in [1.29, 1.82) is 0 Å². The Kier molecular flexibility index (Phi) is 2.81. The number of hydrogen-bond donors (Lipinski definition) is 2. The first kappa shape index (κ1) is 10.2. The Hall–Kier alpha value is -2.37. The van der Waals surface area contributed by atoms with Crippen molar-refractivity contribution in [1.82, 2.24) is 10.1 Å². The van der Waals surface area contributed by atoms with Gasteiger partial charge in [-0.3, -0.25) is 4.79 Å². The fourth-order valence-corrected chi connectivity index (χ4v) is 1.16. The average molecular weight is 218 g/mol. The molecule has 16 heavy (non-hydrogen) atoms. The van der Waals surface area contributed by atoms with Crippen molar-refractivity contribution >= 4 is 17.5 Å². The predicted octanol–water partition coefficient (Wildman–Crippen LogP) is 1.36. The highest BCUT2D eigenvalue weighted by molar-refractivity contribution is 6.02. The zero-order valence-corrected chi connectivity index (χ0v) is 8.60. The third-order valence-electron chi connectivity index (χ3n) is 1.92. The molecule has 0 fully saturated rings. The highest BCUT2D eigenvalue weighted by atomic mass is 16.5. The maximum absolute atomic E-state index is 11.7. The SMILES string of the molecule is CNc1cccc(C(=O)Nc2ccon2)n1. The van der Waals surface area contributed by atoms with Crippen LogP contribution in [-0.2, 0) is 0 Å². The van der Waals surface area contributed by atoms with Gasteiger partial charge in [-0.15, -0.1) is 0 Å². The van der Waals surface area contributed by atoms with E-state index in [1.807, 2.05) is 0 Å². The zero-order chi connectivity index (χ0) is 11.4. The molecule has 0 saturated heterocycles. The summed E-state index contributed by atoms with van der Waals surface area (Å²) in [5.74, 6) is 0.667. The lowest BCUT2D eigenvalue weighted by Gasteiger charge is -2.03. The molecule has 82 valence electrons. The number of carbonyl (C=O) groups excluding carboxylic acids is 1. The monoisotopic (exact) mass is 218 g/mol. The lowest BCUT2D eigenvalue weighted by Crippen LogP contribution is -2.14. The first-order valence-electron chi connectivity index (χ1n) is 4.66. The smallest absolute Gasteiger partial charge is 0.275 e. The largest absolute Gasteiger partial charge is 0.373 e. The lowest BCUT2D eigenvalue weighted by atomic mass is 10.3. The van der Waals surface area contributed by atoms with Gasteiger partial charge >= 0.3 is 0 Å². The van der Waals surface area contributed by atoms with Crippen LogP contribution in [0.1, 0.15) is 10.5 Å². The van der Waals surface area contributed by atoms with Gasteiger partial charge in [-0.1, -0.05) is 11.2 Å². The summed E-state index contributed by atoms with van der Waals surface area (Å²) < 4.78 is 4.60. The molecule has 0 aliphatic heterocycles. The molecule has 6 nitrogen and oxygen atoms in total. The minimum atomic E-state index is -0.328. The molecule has 0 radical (unpaired) electrons. The number of anilines is 2. The van der Waals surface area contributed by atoms with E-state index in [0.717, 1.165) is 0 Å². The Morgan fingerprint density at radius 2 is 2.19 bits per heavy atom. The molecule has 2 heterocycles. The van der Waals surface area contributed by atoms with Gasteiger partial charge in [-0.25, -0.2) is 4.98 Å². The van der Waals surface area contributed by atoms with Crippen LogP contribution in [0.3, 0.4) is 0 Å². The topological polar surface area (TPSA) is 80.0 Å². The quantitative estimate of drug-likeness (QED) is 0.813. The Bertz CT molecular complexity index is 481. The molecule has 0 unspecified atom stereocenters. The van der Waals surface area contributed by atoms with Crippen molar-refractivity contribution in [2.24, 2.45) is 0 Å². The first-order chi connectivity index (χ1) is 7.79. The summed E-state index contributed by atoms with van der Waals surface area (Å²) in [6, 6.07) is 6.69. The van der Waals surface area contributed by atoms with E-state index in [0.29, 0.717) is 17.3 Å². The van der Waals surface area contributed by atoms with E-state index in [1.165, 1.54) is 6.26 Å². The van der Waals surface area contributed by atoms with Crippen LogP contribution in [0.25, 0.3) is 0 Å². The molecule has 0 spiro atoms.